The smallest absolute Gasteiger partial charge is 0.124 e. The molecule has 2 aromatic rings. The summed E-state index contributed by atoms with van der Waals surface area (Å²) in [5.74, 6) is 0.672. The molecule has 0 aromatic heterocycles. The van der Waals surface area contributed by atoms with Crippen LogP contribution >= 0.6 is 27.5 Å². The minimum absolute atomic E-state index is 0.416. The van der Waals surface area contributed by atoms with Gasteiger partial charge in [0, 0.05) is 21.5 Å². The van der Waals surface area contributed by atoms with E-state index in [1.807, 2.05) is 42.5 Å². The summed E-state index contributed by atoms with van der Waals surface area (Å²) in [5, 5.41) is 11.4. The lowest BCUT2D eigenvalue weighted by molar-refractivity contribution is 0.0550. The van der Waals surface area contributed by atoms with Gasteiger partial charge < -0.3 is 9.84 Å². The number of hydrogen-bond acceptors (Lipinski definition) is 2. The van der Waals surface area contributed by atoms with E-state index in [1.54, 1.807) is 14.0 Å². The summed E-state index contributed by atoms with van der Waals surface area (Å²) >= 11 is 9.60. The average molecular weight is 356 g/mol. The van der Waals surface area contributed by atoms with Gasteiger partial charge in [0.25, 0.3) is 0 Å². The lowest BCUT2D eigenvalue weighted by atomic mass is 9.88. The molecule has 0 saturated carbocycles. The molecule has 0 spiro atoms. The summed E-state index contributed by atoms with van der Waals surface area (Å²) in [6, 6.07) is 13.1. The lowest BCUT2D eigenvalue weighted by Crippen LogP contribution is -2.25. The van der Waals surface area contributed by atoms with Crippen LogP contribution < -0.4 is 4.74 Å². The van der Waals surface area contributed by atoms with Gasteiger partial charge in [-0.05, 0) is 30.7 Å². The molecule has 0 aliphatic heterocycles. The predicted octanol–water partition coefficient (Wildman–Crippen LogP) is 4.56. The first-order valence-corrected chi connectivity index (χ1v) is 7.41. The van der Waals surface area contributed by atoms with Gasteiger partial charge in [-0.1, -0.05) is 51.8 Å². The molecule has 2 nitrogen and oxygen atoms in total. The van der Waals surface area contributed by atoms with E-state index in [9.17, 15) is 5.11 Å². The molecule has 106 valence electrons. The highest BCUT2D eigenvalue weighted by atomic mass is 79.9. The molecule has 0 bridgehead atoms. The summed E-state index contributed by atoms with van der Waals surface area (Å²) in [7, 11) is 1.60. The molecule has 0 saturated heterocycles. The van der Waals surface area contributed by atoms with Gasteiger partial charge in [0.1, 0.15) is 5.75 Å². The first-order chi connectivity index (χ1) is 9.44. The summed E-state index contributed by atoms with van der Waals surface area (Å²) < 4.78 is 6.24. The topological polar surface area (TPSA) is 29.5 Å². The SMILES string of the molecule is COc1ccccc1C(C)(O)Cc1ccc(Br)cc1Cl. The third-order valence-corrected chi connectivity index (χ3v) is 4.08. The number of aliphatic hydroxyl groups is 1. The Kier molecular flexibility index (Phi) is 4.74. The Labute approximate surface area is 132 Å². The molecule has 2 aromatic carbocycles. The lowest BCUT2D eigenvalue weighted by Gasteiger charge is -2.26. The second kappa shape index (κ2) is 6.17. The van der Waals surface area contributed by atoms with Crippen molar-refractivity contribution in [1.82, 2.24) is 0 Å². The van der Waals surface area contributed by atoms with Crippen molar-refractivity contribution in [2.24, 2.45) is 0 Å². The molecular weight excluding hydrogens is 340 g/mol. The fraction of sp³-hybridized carbons (Fsp3) is 0.250. The van der Waals surface area contributed by atoms with Crippen molar-refractivity contribution in [3.05, 3.63) is 63.1 Å². The van der Waals surface area contributed by atoms with E-state index in [-0.39, 0.29) is 0 Å². The number of halogens is 2. The van der Waals surface area contributed by atoms with Crippen molar-refractivity contribution < 1.29 is 9.84 Å². The molecule has 4 heteroatoms. The number of methoxy groups -OCH3 is 1. The fourth-order valence-electron chi connectivity index (χ4n) is 2.22. The third kappa shape index (κ3) is 3.35. The van der Waals surface area contributed by atoms with E-state index in [2.05, 4.69) is 15.9 Å². The van der Waals surface area contributed by atoms with Crippen LogP contribution in [0.15, 0.2) is 46.9 Å². The van der Waals surface area contributed by atoms with Crippen LogP contribution in [0.1, 0.15) is 18.1 Å². The zero-order valence-corrected chi connectivity index (χ0v) is 13.7. The van der Waals surface area contributed by atoms with Crippen LogP contribution in [0, 0.1) is 0 Å². The highest BCUT2D eigenvalue weighted by molar-refractivity contribution is 9.10. The van der Waals surface area contributed by atoms with Crippen LogP contribution in [0.5, 0.6) is 5.75 Å². The quantitative estimate of drug-likeness (QED) is 0.871. The first-order valence-electron chi connectivity index (χ1n) is 6.24. The van der Waals surface area contributed by atoms with Crippen molar-refractivity contribution in [1.29, 1.82) is 0 Å². The van der Waals surface area contributed by atoms with Gasteiger partial charge in [-0.25, -0.2) is 0 Å². The van der Waals surface area contributed by atoms with Crippen molar-refractivity contribution in [2.75, 3.05) is 7.11 Å². The predicted molar refractivity (Wildman–Crippen MR) is 85.4 cm³/mol. The number of ether oxygens (including phenoxy) is 1. The molecule has 20 heavy (non-hydrogen) atoms. The third-order valence-electron chi connectivity index (χ3n) is 3.24. The molecule has 2 rings (SSSR count). The molecule has 0 aliphatic rings. The molecule has 0 radical (unpaired) electrons. The van der Waals surface area contributed by atoms with Crippen LogP contribution in [-0.4, -0.2) is 12.2 Å². The Morgan fingerprint density at radius 1 is 1.25 bits per heavy atom. The van der Waals surface area contributed by atoms with Gasteiger partial charge in [-0.15, -0.1) is 0 Å². The summed E-state index contributed by atoms with van der Waals surface area (Å²) in [6.45, 7) is 1.77. The molecule has 1 N–H and O–H groups in total. The summed E-state index contributed by atoms with van der Waals surface area (Å²) in [4.78, 5) is 0. The monoisotopic (exact) mass is 354 g/mol. The minimum atomic E-state index is -1.05. The van der Waals surface area contributed by atoms with Crippen LogP contribution in [0.3, 0.4) is 0 Å². The maximum absolute atomic E-state index is 10.8. The van der Waals surface area contributed by atoms with Gasteiger partial charge in [0.2, 0.25) is 0 Å². The second-order valence-electron chi connectivity index (χ2n) is 4.89. The summed E-state index contributed by atoms with van der Waals surface area (Å²) in [5.41, 5.74) is 0.594. The van der Waals surface area contributed by atoms with E-state index in [0.717, 1.165) is 15.6 Å². The Morgan fingerprint density at radius 3 is 2.60 bits per heavy atom. The minimum Gasteiger partial charge on any atom is -0.496 e. The van der Waals surface area contributed by atoms with Crippen LogP contribution in [0.4, 0.5) is 0 Å². The molecule has 1 unspecified atom stereocenters. The standard InChI is InChI=1S/C16H16BrClO2/c1-16(19,13-5-3-4-6-15(13)20-2)10-11-7-8-12(17)9-14(11)18/h3-9,19H,10H2,1-2H3. The van der Waals surface area contributed by atoms with E-state index in [1.165, 1.54) is 0 Å². The second-order valence-corrected chi connectivity index (χ2v) is 6.21. The molecular formula is C16H16BrClO2. The normalized spacial score (nSPS) is 13.8. The van der Waals surface area contributed by atoms with Crippen LogP contribution in [0.25, 0.3) is 0 Å². The van der Waals surface area contributed by atoms with E-state index in [0.29, 0.717) is 17.2 Å². The molecule has 0 amide bonds. The maximum Gasteiger partial charge on any atom is 0.124 e. The largest absolute Gasteiger partial charge is 0.496 e. The molecule has 0 heterocycles. The number of rotatable bonds is 4. The van der Waals surface area contributed by atoms with E-state index >= 15 is 0 Å². The molecule has 0 fully saturated rings. The van der Waals surface area contributed by atoms with E-state index in [4.69, 9.17) is 16.3 Å². The first kappa shape index (κ1) is 15.4. The number of benzene rings is 2. The van der Waals surface area contributed by atoms with Crippen molar-refractivity contribution >= 4 is 27.5 Å². The average Bonchev–Trinajstić information content (AvgIpc) is 2.42. The highest BCUT2D eigenvalue weighted by Crippen LogP contribution is 2.34. The number of para-hydroxylation sites is 1. The maximum atomic E-state index is 10.8. The Hall–Kier alpha value is -1.03. The van der Waals surface area contributed by atoms with Gasteiger partial charge in [-0.3, -0.25) is 0 Å². The van der Waals surface area contributed by atoms with Gasteiger partial charge >= 0.3 is 0 Å². The van der Waals surface area contributed by atoms with Crippen molar-refractivity contribution in [2.45, 2.75) is 18.9 Å². The number of hydrogen-bond donors (Lipinski definition) is 1. The summed E-state index contributed by atoms with van der Waals surface area (Å²) in [6.07, 6.45) is 0.416. The van der Waals surface area contributed by atoms with Crippen molar-refractivity contribution in [3.8, 4) is 5.75 Å². The molecule has 1 atom stereocenters. The van der Waals surface area contributed by atoms with Crippen molar-refractivity contribution in [3.63, 3.8) is 0 Å². The molecule has 0 aliphatic carbocycles. The fourth-order valence-corrected chi connectivity index (χ4v) is 2.96. The Balaban J connectivity index is 2.35. The van der Waals surface area contributed by atoms with Gasteiger partial charge in [0.05, 0.1) is 12.7 Å². The van der Waals surface area contributed by atoms with E-state index < -0.39 is 5.60 Å². The zero-order valence-electron chi connectivity index (χ0n) is 11.4. The van der Waals surface area contributed by atoms with Gasteiger partial charge in [0.15, 0.2) is 0 Å². The van der Waals surface area contributed by atoms with Crippen LogP contribution in [0.2, 0.25) is 5.02 Å². The zero-order chi connectivity index (χ0) is 14.8. The highest BCUT2D eigenvalue weighted by Gasteiger charge is 2.27. The van der Waals surface area contributed by atoms with Crippen LogP contribution in [-0.2, 0) is 12.0 Å². The Bertz CT molecular complexity index is 611. The van der Waals surface area contributed by atoms with Gasteiger partial charge in [-0.2, -0.15) is 0 Å². The Morgan fingerprint density at radius 2 is 1.95 bits per heavy atom.